The van der Waals surface area contributed by atoms with Gasteiger partial charge in [-0.05, 0) is 117 Å². The Morgan fingerprint density at radius 1 is 0.231 bits per heavy atom. The van der Waals surface area contributed by atoms with Crippen molar-refractivity contribution in [3.63, 3.8) is 0 Å². The second-order valence-electron chi connectivity index (χ2n) is 13.8. The highest BCUT2D eigenvalue weighted by Crippen LogP contribution is 2.39. The van der Waals surface area contributed by atoms with Gasteiger partial charge in [0.25, 0.3) is 0 Å². The van der Waals surface area contributed by atoms with E-state index in [1.54, 1.807) is 0 Å². The number of fused-ring (bicyclic) bond motifs is 8. The Labute approximate surface area is 301 Å². The van der Waals surface area contributed by atoms with Crippen LogP contribution in [0.15, 0.2) is 194 Å². The van der Waals surface area contributed by atoms with Gasteiger partial charge in [-0.3, -0.25) is 0 Å². The molecule has 0 spiro atoms. The molecule has 0 saturated carbocycles. The molecule has 242 valence electrons. The highest BCUT2D eigenvalue weighted by molar-refractivity contribution is 6.13. The number of rotatable bonds is 4. The van der Waals surface area contributed by atoms with E-state index in [0.717, 1.165) is 0 Å². The molecule has 9 aromatic carbocycles. The quantitative estimate of drug-likeness (QED) is 0.178. The van der Waals surface area contributed by atoms with E-state index in [-0.39, 0.29) is 0 Å². The molecule has 0 aliphatic heterocycles. The standard InChI is InChI=1S/C50H32N2/c1-2-12-41(13-3-1)51-47-16-8-6-14-43(47)45-31-39(23-26-49(45)51)40-24-27-50-46(32-40)44-15-7-9-17-48(44)52(50)42-25-22-37-29-36(20-21-38(37)30-42)35-19-18-33-10-4-5-11-34(33)28-35/h1-32H. The van der Waals surface area contributed by atoms with E-state index in [0.29, 0.717) is 0 Å². The van der Waals surface area contributed by atoms with Crippen molar-refractivity contribution in [1.29, 1.82) is 0 Å². The number of para-hydroxylation sites is 3. The Balaban J connectivity index is 1.02. The molecule has 11 aromatic rings. The molecule has 0 bridgehead atoms. The highest BCUT2D eigenvalue weighted by atomic mass is 15.0. The molecule has 11 rings (SSSR count). The summed E-state index contributed by atoms with van der Waals surface area (Å²) in [6.07, 6.45) is 0. The van der Waals surface area contributed by atoms with Crippen LogP contribution in [0.3, 0.4) is 0 Å². The average Bonchev–Trinajstić information content (AvgIpc) is 3.73. The fourth-order valence-corrected chi connectivity index (χ4v) is 8.36. The summed E-state index contributed by atoms with van der Waals surface area (Å²) in [6.45, 7) is 0. The van der Waals surface area contributed by atoms with Crippen LogP contribution in [0.2, 0.25) is 0 Å². The predicted molar refractivity (Wildman–Crippen MR) is 221 cm³/mol. The molecule has 0 aliphatic carbocycles. The van der Waals surface area contributed by atoms with Crippen LogP contribution in [0, 0.1) is 0 Å². The Bertz CT molecular complexity index is 3180. The molecule has 0 N–H and O–H groups in total. The van der Waals surface area contributed by atoms with E-state index in [1.807, 2.05) is 0 Å². The van der Waals surface area contributed by atoms with Crippen LogP contribution in [0.25, 0.3) is 98.8 Å². The van der Waals surface area contributed by atoms with Gasteiger partial charge in [0, 0.05) is 32.9 Å². The first kappa shape index (κ1) is 28.9. The molecule has 0 unspecified atom stereocenters. The SMILES string of the molecule is c1ccc(-n2c3ccccc3c3cc(-c4ccc5c(c4)c4ccccc4n5-c4ccc5cc(-c6ccc7ccccc7c6)ccc5c4)ccc32)cc1. The van der Waals surface area contributed by atoms with Crippen molar-refractivity contribution in [3.8, 4) is 33.6 Å². The van der Waals surface area contributed by atoms with Gasteiger partial charge < -0.3 is 9.13 Å². The van der Waals surface area contributed by atoms with Crippen LogP contribution in [0.4, 0.5) is 0 Å². The first-order valence-electron chi connectivity index (χ1n) is 17.9. The highest BCUT2D eigenvalue weighted by Gasteiger charge is 2.16. The minimum absolute atomic E-state index is 1.17. The molecule has 0 amide bonds. The Hall–Kier alpha value is -6.90. The Morgan fingerprint density at radius 2 is 0.654 bits per heavy atom. The Morgan fingerprint density at radius 3 is 1.31 bits per heavy atom. The summed E-state index contributed by atoms with van der Waals surface area (Å²) in [5.41, 5.74) is 12.1. The zero-order valence-corrected chi connectivity index (χ0v) is 28.4. The van der Waals surface area contributed by atoms with Crippen LogP contribution < -0.4 is 0 Å². The molecule has 0 fully saturated rings. The van der Waals surface area contributed by atoms with E-state index >= 15 is 0 Å². The van der Waals surface area contributed by atoms with Crippen LogP contribution in [-0.4, -0.2) is 9.13 Å². The zero-order chi connectivity index (χ0) is 34.2. The molecule has 0 saturated heterocycles. The average molecular weight is 661 g/mol. The topological polar surface area (TPSA) is 9.86 Å². The lowest BCUT2D eigenvalue weighted by Gasteiger charge is -2.11. The van der Waals surface area contributed by atoms with Crippen molar-refractivity contribution in [3.05, 3.63) is 194 Å². The fourth-order valence-electron chi connectivity index (χ4n) is 8.36. The molecular weight excluding hydrogens is 629 g/mol. The van der Waals surface area contributed by atoms with Gasteiger partial charge in [0.1, 0.15) is 0 Å². The fraction of sp³-hybridized carbons (Fsp3) is 0. The first-order chi connectivity index (χ1) is 25.8. The predicted octanol–water partition coefficient (Wildman–Crippen LogP) is 13.5. The van der Waals surface area contributed by atoms with Crippen molar-refractivity contribution in [1.82, 2.24) is 9.13 Å². The molecular formula is C50H32N2. The van der Waals surface area contributed by atoms with Crippen molar-refractivity contribution in [2.75, 3.05) is 0 Å². The van der Waals surface area contributed by atoms with Crippen molar-refractivity contribution in [2.24, 2.45) is 0 Å². The summed E-state index contributed by atoms with van der Waals surface area (Å²) in [5, 5.41) is 10.0. The molecule has 2 heterocycles. The molecule has 2 aromatic heterocycles. The summed E-state index contributed by atoms with van der Waals surface area (Å²) in [5.74, 6) is 0. The molecule has 0 radical (unpaired) electrons. The van der Waals surface area contributed by atoms with Crippen LogP contribution >= 0.6 is 0 Å². The van der Waals surface area contributed by atoms with E-state index < -0.39 is 0 Å². The molecule has 0 aliphatic rings. The number of aromatic nitrogens is 2. The smallest absolute Gasteiger partial charge is 0.0541 e. The molecule has 2 heteroatoms. The summed E-state index contributed by atoms with van der Waals surface area (Å²) >= 11 is 0. The third-order valence-electron chi connectivity index (χ3n) is 10.9. The van der Waals surface area contributed by atoms with E-state index in [2.05, 4.69) is 203 Å². The maximum absolute atomic E-state index is 2.42. The maximum atomic E-state index is 2.42. The van der Waals surface area contributed by atoms with E-state index in [4.69, 9.17) is 0 Å². The number of nitrogens with zero attached hydrogens (tertiary/aromatic N) is 2. The largest absolute Gasteiger partial charge is 0.309 e. The van der Waals surface area contributed by atoms with E-state index in [9.17, 15) is 0 Å². The third kappa shape index (κ3) is 4.44. The van der Waals surface area contributed by atoms with Gasteiger partial charge in [-0.2, -0.15) is 0 Å². The van der Waals surface area contributed by atoms with Crippen LogP contribution in [0.1, 0.15) is 0 Å². The second kappa shape index (κ2) is 11.3. The minimum atomic E-state index is 1.17. The van der Waals surface area contributed by atoms with Gasteiger partial charge in [0.05, 0.1) is 22.1 Å². The Kier molecular flexibility index (Phi) is 6.28. The lowest BCUT2D eigenvalue weighted by atomic mass is 9.98. The van der Waals surface area contributed by atoms with Gasteiger partial charge in [0.2, 0.25) is 0 Å². The lowest BCUT2D eigenvalue weighted by molar-refractivity contribution is 1.18. The third-order valence-corrected chi connectivity index (χ3v) is 10.9. The van der Waals surface area contributed by atoms with Gasteiger partial charge in [-0.25, -0.2) is 0 Å². The molecule has 52 heavy (non-hydrogen) atoms. The number of benzene rings is 9. The normalized spacial score (nSPS) is 11.8. The van der Waals surface area contributed by atoms with Crippen molar-refractivity contribution in [2.45, 2.75) is 0 Å². The zero-order valence-electron chi connectivity index (χ0n) is 28.4. The first-order valence-corrected chi connectivity index (χ1v) is 17.9. The summed E-state index contributed by atoms with van der Waals surface area (Å²) in [7, 11) is 0. The van der Waals surface area contributed by atoms with Gasteiger partial charge >= 0.3 is 0 Å². The number of hydrogen-bond donors (Lipinski definition) is 0. The molecule has 0 atom stereocenters. The maximum Gasteiger partial charge on any atom is 0.0541 e. The summed E-state index contributed by atoms with van der Waals surface area (Å²) < 4.78 is 4.79. The van der Waals surface area contributed by atoms with Crippen molar-refractivity contribution < 1.29 is 0 Å². The second-order valence-corrected chi connectivity index (χ2v) is 13.8. The van der Waals surface area contributed by atoms with Crippen LogP contribution in [-0.2, 0) is 0 Å². The molecule has 2 nitrogen and oxygen atoms in total. The van der Waals surface area contributed by atoms with Crippen molar-refractivity contribution >= 4 is 65.2 Å². The minimum Gasteiger partial charge on any atom is -0.309 e. The number of hydrogen-bond acceptors (Lipinski definition) is 0. The lowest BCUT2D eigenvalue weighted by Crippen LogP contribution is -1.94. The van der Waals surface area contributed by atoms with E-state index in [1.165, 1.54) is 98.8 Å². The monoisotopic (exact) mass is 660 g/mol. The van der Waals surface area contributed by atoms with Crippen LogP contribution in [0.5, 0.6) is 0 Å². The summed E-state index contributed by atoms with van der Waals surface area (Å²) in [4.78, 5) is 0. The summed E-state index contributed by atoms with van der Waals surface area (Å²) in [6, 6.07) is 71.1. The van der Waals surface area contributed by atoms with Gasteiger partial charge in [0.15, 0.2) is 0 Å². The van der Waals surface area contributed by atoms with Gasteiger partial charge in [-0.15, -0.1) is 0 Å². The van der Waals surface area contributed by atoms with Gasteiger partial charge in [-0.1, -0.05) is 121 Å².